The Kier molecular flexibility index (Phi) is 6.26. The number of carbonyl (C=O) groups is 1. The standard InChI is InChI=1S/C25H19NO8/c1-31-21-11-10-16(13-22(21)32-2)24-25(23(28)18-8-3-4-9-20(18)34-24)33-14-19(27)15-6-5-7-17(12-15)26(29)30/h3-13H,14H2,1-2H3. The van der Waals surface area contributed by atoms with E-state index in [4.69, 9.17) is 18.6 Å². The predicted octanol–water partition coefficient (Wildman–Crippen LogP) is 4.65. The maximum Gasteiger partial charge on any atom is 0.270 e. The van der Waals surface area contributed by atoms with Crippen molar-refractivity contribution in [2.24, 2.45) is 0 Å². The first-order valence-electron chi connectivity index (χ1n) is 10.1. The third kappa shape index (κ3) is 4.31. The first kappa shape index (κ1) is 22.5. The topological polar surface area (TPSA) is 118 Å². The molecule has 172 valence electrons. The van der Waals surface area contributed by atoms with Crippen molar-refractivity contribution in [2.45, 2.75) is 0 Å². The van der Waals surface area contributed by atoms with Crippen LogP contribution in [-0.2, 0) is 0 Å². The third-order valence-electron chi connectivity index (χ3n) is 5.13. The molecule has 0 amide bonds. The highest BCUT2D eigenvalue weighted by Gasteiger charge is 2.21. The van der Waals surface area contributed by atoms with Crippen molar-refractivity contribution in [1.29, 1.82) is 0 Å². The summed E-state index contributed by atoms with van der Waals surface area (Å²) in [6.07, 6.45) is 0. The molecule has 0 aliphatic heterocycles. The number of ketones is 1. The molecule has 0 atom stereocenters. The van der Waals surface area contributed by atoms with Crippen LogP contribution in [0.5, 0.6) is 17.2 Å². The van der Waals surface area contributed by atoms with E-state index in [0.717, 1.165) is 6.07 Å². The largest absolute Gasteiger partial charge is 0.493 e. The van der Waals surface area contributed by atoms with E-state index >= 15 is 0 Å². The van der Waals surface area contributed by atoms with Crippen molar-refractivity contribution in [1.82, 2.24) is 0 Å². The van der Waals surface area contributed by atoms with Crippen LogP contribution in [0.25, 0.3) is 22.3 Å². The number of nitro groups is 1. The van der Waals surface area contributed by atoms with Crippen LogP contribution in [0.4, 0.5) is 5.69 Å². The summed E-state index contributed by atoms with van der Waals surface area (Å²) in [5, 5.41) is 11.3. The number of hydrogen-bond donors (Lipinski definition) is 0. The van der Waals surface area contributed by atoms with Crippen LogP contribution >= 0.6 is 0 Å². The van der Waals surface area contributed by atoms with E-state index in [9.17, 15) is 19.7 Å². The molecule has 3 aromatic carbocycles. The Morgan fingerprint density at radius 3 is 2.47 bits per heavy atom. The van der Waals surface area contributed by atoms with Gasteiger partial charge < -0.3 is 18.6 Å². The molecule has 4 rings (SSSR count). The van der Waals surface area contributed by atoms with Crippen LogP contribution in [0.1, 0.15) is 10.4 Å². The lowest BCUT2D eigenvalue weighted by molar-refractivity contribution is -0.384. The van der Waals surface area contributed by atoms with Crippen molar-refractivity contribution in [3.05, 3.63) is 92.6 Å². The van der Waals surface area contributed by atoms with Gasteiger partial charge in [-0.25, -0.2) is 0 Å². The van der Waals surface area contributed by atoms with Crippen molar-refractivity contribution >= 4 is 22.4 Å². The molecule has 9 nitrogen and oxygen atoms in total. The molecule has 4 aromatic rings. The highest BCUT2D eigenvalue weighted by molar-refractivity contribution is 5.98. The SMILES string of the molecule is COc1ccc(-c2oc3ccccc3c(=O)c2OCC(=O)c2cccc([N+](=O)[O-])c2)cc1OC. The summed E-state index contributed by atoms with van der Waals surface area (Å²) in [5.74, 6) is 0.308. The van der Waals surface area contributed by atoms with E-state index < -0.39 is 22.7 Å². The Balaban J connectivity index is 1.77. The zero-order valence-electron chi connectivity index (χ0n) is 18.3. The van der Waals surface area contributed by atoms with Crippen molar-refractivity contribution < 1.29 is 28.3 Å². The summed E-state index contributed by atoms with van der Waals surface area (Å²) < 4.78 is 22.3. The molecule has 1 aromatic heterocycles. The molecule has 34 heavy (non-hydrogen) atoms. The molecule has 0 saturated heterocycles. The molecule has 0 spiro atoms. The number of fused-ring (bicyclic) bond motifs is 1. The van der Waals surface area contributed by atoms with E-state index in [1.165, 1.54) is 32.4 Å². The Morgan fingerprint density at radius 2 is 1.74 bits per heavy atom. The Morgan fingerprint density at radius 1 is 0.971 bits per heavy atom. The number of nitrogens with zero attached hydrogens (tertiary/aromatic N) is 1. The number of non-ortho nitro benzene ring substituents is 1. The van der Waals surface area contributed by atoms with Crippen LogP contribution < -0.4 is 19.6 Å². The van der Waals surface area contributed by atoms with Crippen LogP contribution in [-0.4, -0.2) is 31.5 Å². The third-order valence-corrected chi connectivity index (χ3v) is 5.13. The minimum Gasteiger partial charge on any atom is -0.493 e. The van der Waals surface area contributed by atoms with Crippen LogP contribution in [0, 0.1) is 10.1 Å². The van der Waals surface area contributed by atoms with Gasteiger partial charge in [0.1, 0.15) is 5.58 Å². The molecular weight excluding hydrogens is 442 g/mol. The summed E-state index contributed by atoms with van der Waals surface area (Å²) in [6, 6.07) is 16.9. The van der Waals surface area contributed by atoms with E-state index in [1.54, 1.807) is 42.5 Å². The van der Waals surface area contributed by atoms with E-state index in [2.05, 4.69) is 0 Å². The normalized spacial score (nSPS) is 10.6. The number of nitro benzene ring substituents is 1. The average molecular weight is 461 g/mol. The monoisotopic (exact) mass is 461 g/mol. The number of para-hydroxylation sites is 1. The number of benzene rings is 3. The minimum atomic E-state index is -0.592. The molecule has 0 fully saturated rings. The van der Waals surface area contributed by atoms with Gasteiger partial charge in [-0.1, -0.05) is 24.3 Å². The highest BCUT2D eigenvalue weighted by atomic mass is 16.6. The number of methoxy groups -OCH3 is 2. The van der Waals surface area contributed by atoms with Gasteiger partial charge in [0.25, 0.3) is 5.69 Å². The second-order valence-corrected chi connectivity index (χ2v) is 7.17. The molecule has 0 saturated carbocycles. The van der Waals surface area contributed by atoms with Gasteiger partial charge in [-0.2, -0.15) is 0 Å². The summed E-state index contributed by atoms with van der Waals surface area (Å²) in [5.41, 5.74) is 0.223. The molecule has 9 heteroatoms. The van der Waals surface area contributed by atoms with E-state index in [1.807, 2.05) is 0 Å². The summed E-state index contributed by atoms with van der Waals surface area (Å²) in [7, 11) is 2.98. The number of ether oxygens (including phenoxy) is 3. The molecule has 0 aliphatic carbocycles. The first-order valence-corrected chi connectivity index (χ1v) is 10.1. The minimum absolute atomic E-state index is 0.0899. The van der Waals surface area contributed by atoms with E-state index in [0.29, 0.717) is 22.6 Å². The second-order valence-electron chi connectivity index (χ2n) is 7.17. The molecule has 0 N–H and O–H groups in total. The average Bonchev–Trinajstić information content (AvgIpc) is 2.87. The van der Waals surface area contributed by atoms with Crippen LogP contribution in [0.2, 0.25) is 0 Å². The summed E-state index contributed by atoms with van der Waals surface area (Å²) in [4.78, 5) is 36.4. The molecule has 0 radical (unpaired) electrons. The van der Waals surface area contributed by atoms with Gasteiger partial charge in [0.2, 0.25) is 11.2 Å². The number of carbonyl (C=O) groups excluding carboxylic acids is 1. The van der Waals surface area contributed by atoms with Gasteiger partial charge >= 0.3 is 0 Å². The first-order chi connectivity index (χ1) is 16.4. The molecule has 0 aliphatic rings. The Hall–Kier alpha value is -4.66. The zero-order valence-corrected chi connectivity index (χ0v) is 18.3. The van der Waals surface area contributed by atoms with Crippen molar-refractivity contribution in [3.8, 4) is 28.6 Å². The van der Waals surface area contributed by atoms with Crippen LogP contribution in [0.3, 0.4) is 0 Å². The maximum absolute atomic E-state index is 13.3. The Labute approximate surface area is 193 Å². The summed E-state index contributed by atoms with van der Waals surface area (Å²) >= 11 is 0. The van der Waals surface area contributed by atoms with Crippen molar-refractivity contribution in [3.63, 3.8) is 0 Å². The molecule has 0 bridgehead atoms. The van der Waals surface area contributed by atoms with Gasteiger partial charge in [0.15, 0.2) is 29.6 Å². The fourth-order valence-electron chi connectivity index (χ4n) is 3.44. The fraction of sp³-hybridized carbons (Fsp3) is 0.120. The smallest absolute Gasteiger partial charge is 0.270 e. The number of rotatable bonds is 8. The maximum atomic E-state index is 13.3. The summed E-state index contributed by atoms with van der Waals surface area (Å²) in [6.45, 7) is -0.523. The fourth-order valence-corrected chi connectivity index (χ4v) is 3.44. The highest BCUT2D eigenvalue weighted by Crippen LogP contribution is 2.36. The quantitative estimate of drug-likeness (QED) is 0.211. The van der Waals surface area contributed by atoms with Gasteiger partial charge in [0.05, 0.1) is 24.5 Å². The number of Topliss-reactive ketones (excluding diaryl/α,β-unsaturated/α-hetero) is 1. The molecular formula is C25H19NO8. The Bertz CT molecular complexity index is 1460. The van der Waals surface area contributed by atoms with Gasteiger partial charge in [-0.3, -0.25) is 19.7 Å². The van der Waals surface area contributed by atoms with Gasteiger partial charge in [-0.05, 0) is 30.3 Å². The zero-order chi connectivity index (χ0) is 24.2. The molecule has 0 unspecified atom stereocenters. The lowest BCUT2D eigenvalue weighted by Crippen LogP contribution is -2.17. The lowest BCUT2D eigenvalue weighted by Gasteiger charge is -2.13. The number of hydrogen-bond acceptors (Lipinski definition) is 8. The molecule has 1 heterocycles. The predicted molar refractivity (Wildman–Crippen MR) is 124 cm³/mol. The van der Waals surface area contributed by atoms with Gasteiger partial charge in [-0.15, -0.1) is 0 Å². The van der Waals surface area contributed by atoms with Crippen molar-refractivity contribution in [2.75, 3.05) is 20.8 Å². The van der Waals surface area contributed by atoms with Crippen LogP contribution in [0.15, 0.2) is 75.9 Å². The lowest BCUT2D eigenvalue weighted by atomic mass is 10.1. The van der Waals surface area contributed by atoms with E-state index in [-0.39, 0.29) is 28.1 Å². The second kappa shape index (κ2) is 9.45. The van der Waals surface area contributed by atoms with Gasteiger partial charge in [0, 0.05) is 23.3 Å².